The molecule has 0 fully saturated rings. The van der Waals surface area contributed by atoms with Gasteiger partial charge in [-0.05, 0) is 48.9 Å². The molecule has 0 aliphatic heterocycles. The second kappa shape index (κ2) is 6.53. The lowest BCUT2D eigenvalue weighted by Crippen LogP contribution is -2.02. The van der Waals surface area contributed by atoms with Crippen molar-refractivity contribution in [3.63, 3.8) is 0 Å². The van der Waals surface area contributed by atoms with Crippen LogP contribution in [0.1, 0.15) is 5.56 Å². The molecule has 6 heteroatoms. The maximum absolute atomic E-state index is 4.41. The Morgan fingerprint density at radius 3 is 2.55 bits per heavy atom. The topological polar surface area (TPSA) is 62.7 Å². The summed E-state index contributed by atoms with van der Waals surface area (Å²) in [5, 5.41) is 14.3. The number of hydrogen-bond donors (Lipinski definition) is 2. The summed E-state index contributed by atoms with van der Waals surface area (Å²) < 4.78 is 1.02. The maximum atomic E-state index is 4.41. The molecule has 0 aliphatic rings. The molecule has 1 aromatic heterocycles. The van der Waals surface area contributed by atoms with E-state index in [2.05, 4.69) is 41.7 Å². The molecule has 0 saturated heterocycles. The summed E-state index contributed by atoms with van der Waals surface area (Å²) in [6.45, 7) is 2.05. The van der Waals surface area contributed by atoms with Crippen LogP contribution in [-0.2, 0) is 0 Å². The molecule has 22 heavy (non-hydrogen) atoms. The number of nitrogens with zero attached hydrogens (tertiary/aromatic N) is 3. The standard InChI is InChI=1S/C16H14BrN5/c1-11-3-2-4-14(9-11)19-15-10-18-22-16(21-15)20-13-7-5-12(17)6-8-13/h2-10H,1H3,(H2,19,20,21,22). The lowest BCUT2D eigenvalue weighted by molar-refractivity contribution is 0.982. The Hall–Kier alpha value is -2.47. The van der Waals surface area contributed by atoms with Gasteiger partial charge in [0.25, 0.3) is 0 Å². The highest BCUT2D eigenvalue weighted by Gasteiger charge is 2.02. The maximum Gasteiger partial charge on any atom is 0.249 e. The van der Waals surface area contributed by atoms with Crippen LogP contribution in [0.3, 0.4) is 0 Å². The first kappa shape index (κ1) is 14.5. The third kappa shape index (κ3) is 3.79. The molecule has 0 atom stereocenters. The normalized spacial score (nSPS) is 10.3. The molecule has 3 rings (SSSR count). The van der Waals surface area contributed by atoms with Crippen molar-refractivity contribution in [1.82, 2.24) is 15.2 Å². The van der Waals surface area contributed by atoms with Crippen LogP contribution in [0, 0.1) is 6.92 Å². The smallest absolute Gasteiger partial charge is 0.249 e. The first-order valence-electron chi connectivity index (χ1n) is 6.75. The molecule has 0 spiro atoms. The van der Waals surface area contributed by atoms with Gasteiger partial charge in [-0.15, -0.1) is 5.10 Å². The summed E-state index contributed by atoms with van der Waals surface area (Å²) in [6, 6.07) is 15.8. The SMILES string of the molecule is Cc1cccc(Nc2cnnc(Nc3ccc(Br)cc3)n2)c1. The van der Waals surface area contributed by atoms with Crippen molar-refractivity contribution in [1.29, 1.82) is 0 Å². The highest BCUT2D eigenvalue weighted by atomic mass is 79.9. The monoisotopic (exact) mass is 355 g/mol. The van der Waals surface area contributed by atoms with Crippen LogP contribution in [0.15, 0.2) is 59.2 Å². The number of aryl methyl sites for hydroxylation is 1. The summed E-state index contributed by atoms with van der Waals surface area (Å²) >= 11 is 3.40. The van der Waals surface area contributed by atoms with Crippen LogP contribution < -0.4 is 10.6 Å². The molecule has 2 N–H and O–H groups in total. The summed E-state index contributed by atoms with van der Waals surface area (Å²) in [7, 11) is 0. The van der Waals surface area contributed by atoms with Crippen molar-refractivity contribution < 1.29 is 0 Å². The van der Waals surface area contributed by atoms with Crippen LogP contribution in [-0.4, -0.2) is 15.2 Å². The van der Waals surface area contributed by atoms with Crippen molar-refractivity contribution in [2.75, 3.05) is 10.6 Å². The molecule has 5 nitrogen and oxygen atoms in total. The van der Waals surface area contributed by atoms with Gasteiger partial charge in [0.2, 0.25) is 5.95 Å². The fraction of sp³-hybridized carbons (Fsp3) is 0.0625. The molecular weight excluding hydrogens is 342 g/mol. The van der Waals surface area contributed by atoms with Gasteiger partial charge in [0.15, 0.2) is 5.82 Å². The number of aromatic nitrogens is 3. The molecule has 0 bridgehead atoms. The third-order valence-electron chi connectivity index (χ3n) is 2.95. The number of rotatable bonds is 4. The fourth-order valence-corrected chi connectivity index (χ4v) is 2.21. The van der Waals surface area contributed by atoms with Gasteiger partial charge < -0.3 is 10.6 Å². The van der Waals surface area contributed by atoms with E-state index in [4.69, 9.17) is 0 Å². The van der Waals surface area contributed by atoms with E-state index in [1.807, 2.05) is 55.5 Å². The number of anilines is 4. The van der Waals surface area contributed by atoms with Gasteiger partial charge in [-0.25, -0.2) is 0 Å². The average molecular weight is 356 g/mol. The second-order valence-corrected chi connectivity index (χ2v) is 5.71. The van der Waals surface area contributed by atoms with Crippen molar-refractivity contribution in [3.05, 3.63) is 64.8 Å². The molecule has 0 radical (unpaired) electrons. The minimum absolute atomic E-state index is 0.444. The molecule has 110 valence electrons. The first-order valence-corrected chi connectivity index (χ1v) is 7.54. The Morgan fingerprint density at radius 1 is 0.955 bits per heavy atom. The molecule has 2 aromatic carbocycles. The Kier molecular flexibility index (Phi) is 4.29. The van der Waals surface area contributed by atoms with Gasteiger partial charge in [0, 0.05) is 15.8 Å². The van der Waals surface area contributed by atoms with E-state index < -0.39 is 0 Å². The molecule has 0 aliphatic carbocycles. The van der Waals surface area contributed by atoms with E-state index >= 15 is 0 Å². The van der Waals surface area contributed by atoms with Crippen LogP contribution in [0.25, 0.3) is 0 Å². The molecular formula is C16H14BrN5. The van der Waals surface area contributed by atoms with E-state index in [1.54, 1.807) is 6.20 Å². The minimum atomic E-state index is 0.444. The van der Waals surface area contributed by atoms with Crippen LogP contribution in [0.5, 0.6) is 0 Å². The van der Waals surface area contributed by atoms with Crippen molar-refractivity contribution >= 4 is 39.1 Å². The van der Waals surface area contributed by atoms with Crippen LogP contribution in [0.2, 0.25) is 0 Å². The third-order valence-corrected chi connectivity index (χ3v) is 3.48. The number of benzene rings is 2. The van der Waals surface area contributed by atoms with Gasteiger partial charge in [0.05, 0.1) is 6.20 Å². The molecule has 3 aromatic rings. The zero-order valence-corrected chi connectivity index (χ0v) is 13.5. The Balaban J connectivity index is 1.76. The highest BCUT2D eigenvalue weighted by molar-refractivity contribution is 9.10. The van der Waals surface area contributed by atoms with Gasteiger partial charge in [0.1, 0.15) is 0 Å². The molecule has 0 amide bonds. The lowest BCUT2D eigenvalue weighted by Gasteiger charge is -2.08. The predicted octanol–water partition coefficient (Wildman–Crippen LogP) is 4.43. The summed E-state index contributed by atoms with van der Waals surface area (Å²) in [5.74, 6) is 1.08. The Labute approximate surface area is 137 Å². The van der Waals surface area contributed by atoms with Crippen molar-refractivity contribution in [3.8, 4) is 0 Å². The first-order chi connectivity index (χ1) is 10.7. The predicted molar refractivity (Wildman–Crippen MR) is 91.7 cm³/mol. The van der Waals surface area contributed by atoms with E-state index in [-0.39, 0.29) is 0 Å². The quantitative estimate of drug-likeness (QED) is 0.724. The zero-order valence-electron chi connectivity index (χ0n) is 11.9. The van der Waals surface area contributed by atoms with Gasteiger partial charge in [-0.2, -0.15) is 10.1 Å². The minimum Gasteiger partial charge on any atom is -0.339 e. The molecule has 0 unspecified atom stereocenters. The van der Waals surface area contributed by atoms with E-state index in [0.717, 1.165) is 15.8 Å². The Morgan fingerprint density at radius 2 is 1.77 bits per heavy atom. The summed E-state index contributed by atoms with van der Waals surface area (Å²) in [5.41, 5.74) is 3.05. The largest absolute Gasteiger partial charge is 0.339 e. The fourth-order valence-electron chi connectivity index (χ4n) is 1.95. The van der Waals surface area contributed by atoms with Gasteiger partial charge >= 0.3 is 0 Å². The van der Waals surface area contributed by atoms with Crippen molar-refractivity contribution in [2.24, 2.45) is 0 Å². The lowest BCUT2D eigenvalue weighted by atomic mass is 10.2. The number of hydrogen-bond acceptors (Lipinski definition) is 5. The van der Waals surface area contributed by atoms with Crippen molar-refractivity contribution in [2.45, 2.75) is 6.92 Å². The van der Waals surface area contributed by atoms with E-state index in [0.29, 0.717) is 11.8 Å². The van der Waals surface area contributed by atoms with Crippen LogP contribution in [0.4, 0.5) is 23.1 Å². The number of nitrogens with one attached hydrogen (secondary N) is 2. The zero-order chi connectivity index (χ0) is 15.4. The van der Waals surface area contributed by atoms with E-state index in [1.165, 1.54) is 5.56 Å². The molecule has 1 heterocycles. The molecule has 0 saturated carbocycles. The second-order valence-electron chi connectivity index (χ2n) is 4.79. The van der Waals surface area contributed by atoms with Gasteiger partial charge in [-0.1, -0.05) is 28.1 Å². The number of halogens is 1. The van der Waals surface area contributed by atoms with E-state index in [9.17, 15) is 0 Å². The highest BCUT2D eigenvalue weighted by Crippen LogP contribution is 2.19. The Bertz CT molecular complexity index is 773. The average Bonchev–Trinajstić information content (AvgIpc) is 2.50. The summed E-state index contributed by atoms with van der Waals surface area (Å²) in [6.07, 6.45) is 1.59. The van der Waals surface area contributed by atoms with Crippen LogP contribution >= 0.6 is 15.9 Å². The van der Waals surface area contributed by atoms with Gasteiger partial charge in [-0.3, -0.25) is 0 Å². The summed E-state index contributed by atoms with van der Waals surface area (Å²) in [4.78, 5) is 4.41.